The van der Waals surface area contributed by atoms with Gasteiger partial charge in [-0.15, -0.1) is 0 Å². The predicted octanol–water partition coefficient (Wildman–Crippen LogP) is 2.19. The number of ketones is 1. The molecule has 1 fully saturated rings. The molecule has 0 aliphatic carbocycles. The molecule has 12 heavy (non-hydrogen) atoms. The number of rotatable bonds is 1. The van der Waals surface area contributed by atoms with Crippen LogP contribution < -0.4 is 0 Å². The maximum Gasteiger partial charge on any atom is 0.135 e. The van der Waals surface area contributed by atoms with E-state index in [2.05, 4.69) is 4.90 Å². The van der Waals surface area contributed by atoms with E-state index in [1.54, 1.807) is 6.92 Å². The van der Waals surface area contributed by atoms with Crippen LogP contribution in [-0.4, -0.2) is 30.8 Å². The first-order valence-corrected chi connectivity index (χ1v) is 4.89. The highest BCUT2D eigenvalue weighted by Gasteiger charge is 2.26. The van der Waals surface area contributed by atoms with E-state index in [0.29, 0.717) is 11.7 Å². The molecule has 0 radical (unpaired) electrons. The molecule has 1 aliphatic heterocycles. The monoisotopic (exact) mass is 173 g/mol. The van der Waals surface area contributed by atoms with Crippen LogP contribution in [0, 0.1) is 5.92 Å². The average Bonchev–Trinajstić information content (AvgIpc) is 2.06. The van der Waals surface area contributed by atoms with E-state index in [4.69, 9.17) is 0 Å². The van der Waals surface area contributed by atoms with Crippen LogP contribution in [0.4, 0.5) is 0 Å². The maximum atomic E-state index is 10.5. The summed E-state index contributed by atoms with van der Waals surface area (Å²) in [6.07, 6.45) is 0. The van der Waals surface area contributed by atoms with Gasteiger partial charge in [-0.3, -0.25) is 4.79 Å². The molecule has 0 N–H and O–H groups in total. The third-order valence-electron chi connectivity index (χ3n) is 1.64. The van der Waals surface area contributed by atoms with E-state index in [-0.39, 0.29) is 0 Å². The third kappa shape index (κ3) is 5.30. The van der Waals surface area contributed by atoms with Crippen LogP contribution in [0.25, 0.3) is 0 Å². The van der Waals surface area contributed by atoms with Crippen molar-refractivity contribution >= 4 is 5.78 Å². The van der Waals surface area contributed by atoms with Gasteiger partial charge in [0, 0.05) is 19.0 Å². The summed E-state index contributed by atoms with van der Waals surface area (Å²) in [4.78, 5) is 12.7. The van der Waals surface area contributed by atoms with Gasteiger partial charge in [0.05, 0.1) is 0 Å². The second kappa shape index (κ2) is 8.72. The molecule has 0 aromatic carbocycles. The third-order valence-corrected chi connectivity index (χ3v) is 1.64. The Labute approximate surface area is 77.0 Å². The molecule has 0 aromatic heterocycles. The van der Waals surface area contributed by atoms with Gasteiger partial charge in [-0.1, -0.05) is 27.7 Å². The fraction of sp³-hybridized carbons (Fsp3) is 0.900. The van der Waals surface area contributed by atoms with Crippen molar-refractivity contribution in [3.8, 4) is 0 Å². The molecule has 1 heterocycles. The molecule has 2 heteroatoms. The van der Waals surface area contributed by atoms with Gasteiger partial charge in [0.2, 0.25) is 0 Å². The summed E-state index contributed by atoms with van der Waals surface area (Å²) in [5.41, 5.74) is 0. The van der Waals surface area contributed by atoms with Crippen LogP contribution in [0.1, 0.15) is 34.6 Å². The van der Waals surface area contributed by atoms with Gasteiger partial charge in [-0.05, 0) is 14.0 Å². The largest absolute Gasteiger partial charge is 0.305 e. The molecule has 0 saturated carbocycles. The summed E-state index contributed by atoms with van der Waals surface area (Å²) in [6.45, 7) is 11.6. The second-order valence-electron chi connectivity index (χ2n) is 2.53. The molecule has 1 saturated heterocycles. The lowest BCUT2D eigenvalue weighted by Crippen LogP contribution is -2.46. The normalized spacial score (nSPS) is 16.2. The molecule has 2 nitrogen and oxygen atoms in total. The zero-order valence-corrected chi connectivity index (χ0v) is 9.35. The number of likely N-dealkylation sites (tertiary alicyclic amines) is 1. The van der Waals surface area contributed by atoms with E-state index in [9.17, 15) is 4.79 Å². The smallest absolute Gasteiger partial charge is 0.135 e. The zero-order valence-electron chi connectivity index (χ0n) is 9.35. The lowest BCUT2D eigenvalue weighted by atomic mass is 9.97. The van der Waals surface area contributed by atoms with Gasteiger partial charge in [-0.25, -0.2) is 0 Å². The van der Waals surface area contributed by atoms with Crippen molar-refractivity contribution in [1.29, 1.82) is 0 Å². The Kier molecular flexibility index (Phi) is 10.3. The summed E-state index contributed by atoms with van der Waals surface area (Å²) < 4.78 is 0. The highest BCUT2D eigenvalue weighted by molar-refractivity contribution is 5.79. The van der Waals surface area contributed by atoms with E-state index in [1.165, 1.54) is 0 Å². The fourth-order valence-corrected chi connectivity index (χ4v) is 0.956. The van der Waals surface area contributed by atoms with Gasteiger partial charge >= 0.3 is 0 Å². The van der Waals surface area contributed by atoms with E-state index in [0.717, 1.165) is 13.1 Å². The number of carbonyl (C=O) groups excluding carboxylic acids is 1. The van der Waals surface area contributed by atoms with Crippen LogP contribution in [0.15, 0.2) is 0 Å². The van der Waals surface area contributed by atoms with Gasteiger partial charge in [-0.2, -0.15) is 0 Å². The van der Waals surface area contributed by atoms with Crippen LogP contribution >= 0.6 is 0 Å². The molecular formula is C10H23NO. The van der Waals surface area contributed by atoms with Crippen LogP contribution in [0.3, 0.4) is 0 Å². The molecule has 0 amide bonds. The van der Waals surface area contributed by atoms with Gasteiger partial charge in [0.25, 0.3) is 0 Å². The SMILES string of the molecule is CC.CC.CC(=O)C1CN(C)C1. The quantitative estimate of drug-likeness (QED) is 0.606. The van der Waals surface area contributed by atoms with E-state index >= 15 is 0 Å². The Hall–Kier alpha value is -0.370. The Morgan fingerprint density at radius 3 is 1.58 bits per heavy atom. The number of hydrogen-bond donors (Lipinski definition) is 0. The standard InChI is InChI=1S/C6H11NO.2C2H6/c1-5(8)6-3-7(2)4-6;2*1-2/h6H,3-4H2,1-2H3;2*1-2H3. The van der Waals surface area contributed by atoms with Crippen molar-refractivity contribution in [3.63, 3.8) is 0 Å². The number of nitrogens with zero attached hydrogens (tertiary/aromatic N) is 1. The Bertz CT molecular complexity index is 106. The summed E-state index contributed by atoms with van der Waals surface area (Å²) in [5, 5.41) is 0. The second-order valence-corrected chi connectivity index (χ2v) is 2.53. The van der Waals surface area contributed by atoms with Gasteiger partial charge in [0.15, 0.2) is 0 Å². The number of carbonyl (C=O) groups is 1. The summed E-state index contributed by atoms with van der Waals surface area (Å²) in [6, 6.07) is 0. The molecule has 0 unspecified atom stereocenters. The highest BCUT2D eigenvalue weighted by atomic mass is 16.1. The first-order valence-electron chi connectivity index (χ1n) is 4.89. The first-order chi connectivity index (χ1) is 5.70. The van der Waals surface area contributed by atoms with Crippen LogP contribution in [0.5, 0.6) is 0 Å². The summed E-state index contributed by atoms with van der Waals surface area (Å²) >= 11 is 0. The van der Waals surface area contributed by atoms with Crippen LogP contribution in [-0.2, 0) is 4.79 Å². The van der Waals surface area contributed by atoms with Gasteiger partial charge in [0.1, 0.15) is 5.78 Å². The minimum Gasteiger partial charge on any atom is -0.305 e. The van der Waals surface area contributed by atoms with Crippen molar-refractivity contribution in [1.82, 2.24) is 4.90 Å². The van der Waals surface area contributed by atoms with Crippen molar-refractivity contribution < 1.29 is 4.79 Å². The number of Topliss-reactive ketones (excluding diaryl/α,β-unsaturated/α-hetero) is 1. The van der Waals surface area contributed by atoms with Crippen molar-refractivity contribution in [2.45, 2.75) is 34.6 Å². The fourth-order valence-electron chi connectivity index (χ4n) is 0.956. The molecule has 0 bridgehead atoms. The molecule has 74 valence electrons. The minimum atomic E-state index is 0.336. The predicted molar refractivity (Wildman–Crippen MR) is 54.4 cm³/mol. The van der Waals surface area contributed by atoms with E-state index < -0.39 is 0 Å². The minimum absolute atomic E-state index is 0.336. The topological polar surface area (TPSA) is 20.3 Å². The molecule has 0 atom stereocenters. The lowest BCUT2D eigenvalue weighted by molar-refractivity contribution is -0.125. The van der Waals surface area contributed by atoms with Crippen molar-refractivity contribution in [2.75, 3.05) is 20.1 Å². The Balaban J connectivity index is 0. The molecule has 1 rings (SSSR count). The summed E-state index contributed by atoms with van der Waals surface area (Å²) in [5.74, 6) is 0.683. The molecule has 0 spiro atoms. The van der Waals surface area contributed by atoms with E-state index in [1.807, 2.05) is 34.7 Å². The van der Waals surface area contributed by atoms with Crippen LogP contribution in [0.2, 0.25) is 0 Å². The molecular weight excluding hydrogens is 150 g/mol. The number of hydrogen-bond acceptors (Lipinski definition) is 2. The van der Waals surface area contributed by atoms with Gasteiger partial charge < -0.3 is 4.90 Å². The summed E-state index contributed by atoms with van der Waals surface area (Å²) in [7, 11) is 2.03. The maximum absolute atomic E-state index is 10.5. The average molecular weight is 173 g/mol. The lowest BCUT2D eigenvalue weighted by Gasteiger charge is -2.34. The zero-order chi connectivity index (χ0) is 10.1. The Morgan fingerprint density at radius 1 is 1.17 bits per heavy atom. The van der Waals surface area contributed by atoms with Crippen molar-refractivity contribution in [2.24, 2.45) is 5.92 Å². The first kappa shape index (κ1) is 14.2. The van der Waals surface area contributed by atoms with Crippen molar-refractivity contribution in [3.05, 3.63) is 0 Å². The molecule has 1 aliphatic rings. The highest BCUT2D eigenvalue weighted by Crippen LogP contribution is 2.12. The Morgan fingerprint density at radius 2 is 1.50 bits per heavy atom. The molecule has 0 aromatic rings.